The highest BCUT2D eigenvalue weighted by molar-refractivity contribution is 5.72. The molecule has 0 saturated heterocycles. The summed E-state index contributed by atoms with van der Waals surface area (Å²) in [5, 5.41) is 3.98. The zero-order valence-corrected chi connectivity index (χ0v) is 8.49. The maximum absolute atomic E-state index is 11.0. The summed E-state index contributed by atoms with van der Waals surface area (Å²) in [6, 6.07) is 0. The summed E-state index contributed by atoms with van der Waals surface area (Å²) in [5.74, 6) is 0.636. The van der Waals surface area contributed by atoms with Gasteiger partial charge in [-0.2, -0.15) is 0 Å². The lowest BCUT2D eigenvalue weighted by molar-refractivity contribution is -0.128. The van der Waals surface area contributed by atoms with Gasteiger partial charge in [-0.05, 0) is 12.8 Å². The lowest BCUT2D eigenvalue weighted by Gasteiger charge is -2.13. The van der Waals surface area contributed by atoms with Gasteiger partial charge in [0.1, 0.15) is 6.26 Å². The second-order valence-corrected chi connectivity index (χ2v) is 3.87. The fourth-order valence-corrected chi connectivity index (χ4v) is 1.44. The monoisotopic (exact) mass is 194 g/mol. The first kappa shape index (κ1) is 9.24. The lowest BCUT2D eigenvalue weighted by atomic mass is 10.2. The van der Waals surface area contributed by atoms with Crippen LogP contribution >= 0.6 is 0 Å². The molecule has 14 heavy (non-hydrogen) atoms. The second kappa shape index (κ2) is 3.44. The molecule has 1 aromatic heterocycles. The minimum absolute atomic E-state index is 0.0629. The van der Waals surface area contributed by atoms with Crippen molar-refractivity contribution in [1.29, 1.82) is 0 Å². The molecule has 1 aliphatic carbocycles. The summed E-state index contributed by atoms with van der Waals surface area (Å²) in [4.78, 5) is 12.7. The molecule has 0 spiro atoms. The quantitative estimate of drug-likeness (QED) is 0.733. The highest BCUT2D eigenvalue weighted by Gasteiger charge is 2.29. The molecule has 0 aromatic carbocycles. The average molecular weight is 194 g/mol. The molecule has 1 heterocycles. The molecule has 2 rings (SSSR count). The lowest BCUT2D eigenvalue weighted by Crippen LogP contribution is -2.23. The van der Waals surface area contributed by atoms with Gasteiger partial charge in [-0.1, -0.05) is 5.16 Å². The van der Waals surface area contributed by atoms with Crippen LogP contribution in [0.2, 0.25) is 0 Å². The molecule has 0 bridgehead atoms. The summed E-state index contributed by atoms with van der Waals surface area (Å²) in [7, 11) is 1.78. The topological polar surface area (TPSA) is 46.3 Å². The normalized spacial score (nSPS) is 15.6. The van der Waals surface area contributed by atoms with Crippen LogP contribution in [0.1, 0.15) is 36.9 Å². The third-order valence-electron chi connectivity index (χ3n) is 2.58. The van der Waals surface area contributed by atoms with Crippen molar-refractivity contribution < 1.29 is 9.32 Å². The van der Waals surface area contributed by atoms with Crippen molar-refractivity contribution in [2.75, 3.05) is 7.05 Å². The largest absolute Gasteiger partial charge is 0.364 e. The van der Waals surface area contributed by atoms with Crippen LogP contribution in [0.25, 0.3) is 0 Å². The van der Waals surface area contributed by atoms with Crippen molar-refractivity contribution in [3.8, 4) is 0 Å². The number of aromatic nitrogens is 1. The standard InChI is InChI=1S/C10H14N2O2/c1-7(13)12(2)5-9-6-14-11-10(9)8-3-4-8/h6,8H,3-5H2,1-2H3. The molecular weight excluding hydrogens is 180 g/mol. The smallest absolute Gasteiger partial charge is 0.219 e. The van der Waals surface area contributed by atoms with E-state index in [0.717, 1.165) is 11.3 Å². The number of carbonyl (C=O) groups is 1. The van der Waals surface area contributed by atoms with Crippen LogP contribution in [-0.4, -0.2) is 23.0 Å². The first-order valence-corrected chi connectivity index (χ1v) is 4.83. The third kappa shape index (κ3) is 1.78. The van der Waals surface area contributed by atoms with E-state index in [0.29, 0.717) is 12.5 Å². The Kier molecular flexibility index (Phi) is 2.27. The maximum atomic E-state index is 11.0. The van der Waals surface area contributed by atoms with Crippen LogP contribution in [0.5, 0.6) is 0 Å². The number of hydrogen-bond donors (Lipinski definition) is 0. The highest BCUT2D eigenvalue weighted by Crippen LogP contribution is 2.40. The van der Waals surface area contributed by atoms with Gasteiger partial charge in [-0.25, -0.2) is 0 Å². The Bertz CT molecular complexity index is 342. The number of rotatable bonds is 3. The van der Waals surface area contributed by atoms with Gasteiger partial charge in [-0.3, -0.25) is 4.79 Å². The fourth-order valence-electron chi connectivity index (χ4n) is 1.44. The van der Waals surface area contributed by atoms with E-state index < -0.39 is 0 Å². The molecule has 1 aliphatic rings. The molecule has 0 atom stereocenters. The minimum Gasteiger partial charge on any atom is -0.364 e. The summed E-state index contributed by atoms with van der Waals surface area (Å²) in [6.45, 7) is 2.16. The van der Waals surface area contributed by atoms with Crippen LogP contribution in [0, 0.1) is 0 Å². The van der Waals surface area contributed by atoms with Crippen molar-refractivity contribution >= 4 is 5.91 Å². The van der Waals surface area contributed by atoms with E-state index in [4.69, 9.17) is 4.52 Å². The van der Waals surface area contributed by atoms with E-state index >= 15 is 0 Å². The van der Waals surface area contributed by atoms with Crippen LogP contribution < -0.4 is 0 Å². The van der Waals surface area contributed by atoms with Crippen molar-refractivity contribution in [3.63, 3.8) is 0 Å². The van der Waals surface area contributed by atoms with Crippen molar-refractivity contribution in [1.82, 2.24) is 10.1 Å². The zero-order valence-electron chi connectivity index (χ0n) is 8.49. The van der Waals surface area contributed by atoms with Crippen LogP contribution in [0.4, 0.5) is 0 Å². The zero-order chi connectivity index (χ0) is 10.1. The third-order valence-corrected chi connectivity index (χ3v) is 2.58. The summed E-state index contributed by atoms with van der Waals surface area (Å²) in [5.41, 5.74) is 2.09. The molecule has 76 valence electrons. The molecule has 1 aromatic rings. The van der Waals surface area contributed by atoms with Crippen molar-refractivity contribution in [2.24, 2.45) is 0 Å². The SMILES string of the molecule is CC(=O)N(C)Cc1conc1C1CC1. The Morgan fingerprint density at radius 3 is 3.00 bits per heavy atom. The molecule has 0 N–H and O–H groups in total. The van der Waals surface area contributed by atoms with Gasteiger partial charge in [-0.15, -0.1) is 0 Å². The van der Waals surface area contributed by atoms with Gasteiger partial charge in [0.2, 0.25) is 5.91 Å². The Morgan fingerprint density at radius 2 is 2.43 bits per heavy atom. The fraction of sp³-hybridized carbons (Fsp3) is 0.600. The Labute approximate surface area is 82.9 Å². The molecule has 4 nitrogen and oxygen atoms in total. The van der Waals surface area contributed by atoms with Gasteiger partial charge in [0.05, 0.1) is 12.2 Å². The van der Waals surface area contributed by atoms with Crippen LogP contribution in [0.15, 0.2) is 10.8 Å². The average Bonchev–Trinajstić information content (AvgIpc) is 2.88. The summed E-state index contributed by atoms with van der Waals surface area (Å²) in [6.07, 6.45) is 4.04. The van der Waals surface area contributed by atoms with E-state index in [1.807, 2.05) is 0 Å². The molecule has 1 saturated carbocycles. The molecule has 4 heteroatoms. The number of carbonyl (C=O) groups excluding carboxylic acids is 1. The molecule has 0 radical (unpaired) electrons. The van der Waals surface area contributed by atoms with Crippen LogP contribution in [-0.2, 0) is 11.3 Å². The van der Waals surface area contributed by atoms with Gasteiger partial charge in [0.25, 0.3) is 0 Å². The Hall–Kier alpha value is -1.32. The molecule has 0 unspecified atom stereocenters. The van der Waals surface area contributed by atoms with Crippen LogP contribution in [0.3, 0.4) is 0 Å². The summed E-state index contributed by atoms with van der Waals surface area (Å²) >= 11 is 0. The minimum atomic E-state index is 0.0629. The number of nitrogens with zero attached hydrogens (tertiary/aromatic N) is 2. The van der Waals surface area contributed by atoms with E-state index in [9.17, 15) is 4.79 Å². The molecule has 0 aliphatic heterocycles. The van der Waals surface area contributed by atoms with Gasteiger partial charge >= 0.3 is 0 Å². The van der Waals surface area contributed by atoms with Gasteiger partial charge in [0, 0.05) is 25.5 Å². The number of amides is 1. The first-order chi connectivity index (χ1) is 6.68. The first-order valence-electron chi connectivity index (χ1n) is 4.83. The Balaban J connectivity index is 2.08. The number of hydrogen-bond acceptors (Lipinski definition) is 3. The highest BCUT2D eigenvalue weighted by atomic mass is 16.5. The van der Waals surface area contributed by atoms with E-state index in [-0.39, 0.29) is 5.91 Å². The van der Waals surface area contributed by atoms with E-state index in [2.05, 4.69) is 5.16 Å². The molecule has 1 fully saturated rings. The van der Waals surface area contributed by atoms with Crippen molar-refractivity contribution in [2.45, 2.75) is 32.2 Å². The molecule has 1 amide bonds. The van der Waals surface area contributed by atoms with E-state index in [1.54, 1.807) is 25.1 Å². The maximum Gasteiger partial charge on any atom is 0.219 e. The van der Waals surface area contributed by atoms with E-state index in [1.165, 1.54) is 12.8 Å². The summed E-state index contributed by atoms with van der Waals surface area (Å²) < 4.78 is 4.94. The van der Waals surface area contributed by atoms with Gasteiger partial charge < -0.3 is 9.42 Å². The Morgan fingerprint density at radius 1 is 1.71 bits per heavy atom. The van der Waals surface area contributed by atoms with Gasteiger partial charge in [0.15, 0.2) is 0 Å². The molecular formula is C10H14N2O2. The van der Waals surface area contributed by atoms with Crippen molar-refractivity contribution in [3.05, 3.63) is 17.5 Å². The second-order valence-electron chi connectivity index (χ2n) is 3.87. The predicted octanol–water partition coefficient (Wildman–Crippen LogP) is 1.53. The predicted molar refractivity (Wildman–Crippen MR) is 50.6 cm³/mol.